The van der Waals surface area contributed by atoms with E-state index in [-0.39, 0.29) is 36.0 Å². The van der Waals surface area contributed by atoms with Crippen LogP contribution in [0.3, 0.4) is 0 Å². The zero-order valence-electron chi connectivity index (χ0n) is 15.0. The Morgan fingerprint density at radius 1 is 1.29 bits per heavy atom. The maximum atomic E-state index is 14.8. The third-order valence-electron chi connectivity index (χ3n) is 5.25. The number of rotatable bonds is 2. The molecule has 3 heterocycles. The molecule has 0 aliphatic carbocycles. The molecule has 0 atom stereocenters. The van der Waals surface area contributed by atoms with Gasteiger partial charge in [-0.05, 0) is 37.1 Å². The minimum Gasteiger partial charge on any atom is -0.263 e. The quantitative estimate of drug-likeness (QED) is 0.635. The second-order valence-corrected chi connectivity index (χ2v) is 7.87. The summed E-state index contributed by atoms with van der Waals surface area (Å²) >= 11 is 12.0. The van der Waals surface area contributed by atoms with Crippen LogP contribution < -0.4 is 0 Å². The summed E-state index contributed by atoms with van der Waals surface area (Å²) in [6.07, 6.45) is 2.75. The fourth-order valence-electron chi connectivity index (χ4n) is 3.85. The van der Waals surface area contributed by atoms with E-state index < -0.39 is 5.92 Å². The number of hydrogen-bond donors (Lipinski definition) is 0. The summed E-state index contributed by atoms with van der Waals surface area (Å²) in [5.41, 5.74) is 1.92. The molecule has 1 aromatic heterocycles. The SMILES string of the molecule is C=CC1=[N+](C(=O)c2ccc(Cl)c(Cl)c2)Cc2c(nn3c2C(F)(F)CCCC3)C1. The van der Waals surface area contributed by atoms with Gasteiger partial charge in [-0.3, -0.25) is 4.68 Å². The lowest BCUT2D eigenvalue weighted by atomic mass is 9.98. The summed E-state index contributed by atoms with van der Waals surface area (Å²) in [7, 11) is 0. The molecule has 0 N–H and O–H groups in total. The average molecular weight is 425 g/mol. The van der Waals surface area contributed by atoms with E-state index in [4.69, 9.17) is 23.2 Å². The monoisotopic (exact) mass is 424 g/mol. The average Bonchev–Trinajstić information content (AvgIpc) is 2.96. The topological polar surface area (TPSA) is 37.9 Å². The molecule has 2 aliphatic heterocycles. The van der Waals surface area contributed by atoms with Crippen molar-refractivity contribution in [3.63, 3.8) is 0 Å². The Kier molecular flexibility index (Phi) is 4.88. The number of hydrogen-bond acceptors (Lipinski definition) is 2. The molecule has 1 amide bonds. The normalized spacial score (nSPS) is 18.3. The van der Waals surface area contributed by atoms with Gasteiger partial charge in [-0.15, -0.1) is 0 Å². The molecule has 146 valence electrons. The predicted molar refractivity (Wildman–Crippen MR) is 104 cm³/mol. The van der Waals surface area contributed by atoms with E-state index in [1.165, 1.54) is 15.3 Å². The van der Waals surface area contributed by atoms with Gasteiger partial charge in [-0.2, -0.15) is 18.5 Å². The third-order valence-corrected chi connectivity index (χ3v) is 5.99. The number of benzene rings is 1. The van der Waals surface area contributed by atoms with Gasteiger partial charge in [0.2, 0.25) is 0 Å². The van der Waals surface area contributed by atoms with Gasteiger partial charge in [0.1, 0.15) is 5.69 Å². The van der Waals surface area contributed by atoms with Crippen molar-refractivity contribution in [1.82, 2.24) is 9.78 Å². The molecule has 0 saturated carbocycles. The number of carbonyl (C=O) groups excluding carboxylic acids is 1. The summed E-state index contributed by atoms with van der Waals surface area (Å²) in [5.74, 6) is -3.29. The van der Waals surface area contributed by atoms with Crippen LogP contribution in [-0.4, -0.2) is 26.0 Å². The zero-order chi connectivity index (χ0) is 20.1. The molecule has 0 unspecified atom stereocenters. The van der Waals surface area contributed by atoms with Crippen molar-refractivity contribution in [1.29, 1.82) is 0 Å². The first-order valence-corrected chi connectivity index (χ1v) is 9.79. The number of aryl methyl sites for hydroxylation is 1. The standard InChI is InChI=1S/C20H18Cl2F2N3O/c1-2-13-10-17-14(18-20(23,24)7-3-4-8-27(18)25-17)11-26(13)19(28)12-5-6-15(21)16(22)9-12/h2,5-6,9H,1,3-4,7-8,10-11H2/q+1. The minimum atomic E-state index is -2.96. The van der Waals surface area contributed by atoms with E-state index in [0.717, 1.165) is 0 Å². The van der Waals surface area contributed by atoms with Crippen molar-refractivity contribution < 1.29 is 18.2 Å². The van der Waals surface area contributed by atoms with Gasteiger partial charge in [0.15, 0.2) is 12.3 Å². The highest BCUT2D eigenvalue weighted by Crippen LogP contribution is 2.40. The van der Waals surface area contributed by atoms with Crippen molar-refractivity contribution in [2.75, 3.05) is 0 Å². The molecule has 0 bridgehead atoms. The van der Waals surface area contributed by atoms with E-state index in [2.05, 4.69) is 11.7 Å². The lowest BCUT2D eigenvalue weighted by Crippen LogP contribution is -2.33. The van der Waals surface area contributed by atoms with Crippen LogP contribution in [0, 0.1) is 0 Å². The molecule has 1 aromatic carbocycles. The van der Waals surface area contributed by atoms with E-state index in [1.54, 1.807) is 18.2 Å². The molecule has 2 aromatic rings. The first-order valence-electron chi connectivity index (χ1n) is 9.04. The summed E-state index contributed by atoms with van der Waals surface area (Å²) in [4.78, 5) is 13.1. The van der Waals surface area contributed by atoms with E-state index in [0.29, 0.717) is 46.9 Å². The highest BCUT2D eigenvalue weighted by Gasteiger charge is 2.44. The Hall–Kier alpha value is -2.05. The molecule has 8 heteroatoms. The van der Waals surface area contributed by atoms with Crippen molar-refractivity contribution in [3.8, 4) is 0 Å². The van der Waals surface area contributed by atoms with Crippen molar-refractivity contribution in [2.45, 2.75) is 44.7 Å². The molecule has 28 heavy (non-hydrogen) atoms. The lowest BCUT2D eigenvalue weighted by molar-refractivity contribution is -0.448. The van der Waals surface area contributed by atoms with Crippen LogP contribution in [0.1, 0.15) is 46.6 Å². The first-order chi connectivity index (χ1) is 13.3. The molecule has 4 rings (SSSR count). The maximum Gasteiger partial charge on any atom is 0.419 e. The Bertz CT molecular complexity index is 1030. The smallest absolute Gasteiger partial charge is 0.263 e. The van der Waals surface area contributed by atoms with Crippen LogP contribution in [0.5, 0.6) is 0 Å². The second-order valence-electron chi connectivity index (χ2n) is 7.05. The molecule has 0 saturated heterocycles. The number of allylic oxidation sites excluding steroid dienone is 1. The van der Waals surface area contributed by atoms with Gasteiger partial charge in [0, 0.05) is 13.0 Å². The molecule has 4 nitrogen and oxygen atoms in total. The van der Waals surface area contributed by atoms with Gasteiger partial charge < -0.3 is 0 Å². The van der Waals surface area contributed by atoms with Gasteiger partial charge in [-0.25, -0.2) is 4.79 Å². The second kappa shape index (κ2) is 7.08. The Labute approximate surface area is 171 Å². The van der Waals surface area contributed by atoms with E-state index in [1.807, 2.05) is 0 Å². The van der Waals surface area contributed by atoms with E-state index in [9.17, 15) is 13.6 Å². The largest absolute Gasteiger partial charge is 0.419 e. The van der Waals surface area contributed by atoms with Crippen LogP contribution in [0.4, 0.5) is 8.78 Å². The summed E-state index contributed by atoms with van der Waals surface area (Å²) in [6, 6.07) is 4.59. The highest BCUT2D eigenvalue weighted by atomic mass is 35.5. The summed E-state index contributed by atoms with van der Waals surface area (Å²) in [6.45, 7) is 4.27. The predicted octanol–water partition coefficient (Wildman–Crippen LogP) is 5.00. The Morgan fingerprint density at radius 2 is 2.07 bits per heavy atom. The van der Waals surface area contributed by atoms with Crippen LogP contribution in [-0.2, 0) is 25.4 Å². The Morgan fingerprint density at radius 3 is 2.79 bits per heavy atom. The van der Waals surface area contributed by atoms with Gasteiger partial charge in [-0.1, -0.05) is 29.8 Å². The van der Waals surface area contributed by atoms with E-state index >= 15 is 0 Å². The minimum absolute atomic E-state index is 0.0285. The molecular weight excluding hydrogens is 407 g/mol. The van der Waals surface area contributed by atoms with Gasteiger partial charge >= 0.3 is 5.91 Å². The number of halogens is 4. The van der Waals surface area contributed by atoms with Crippen molar-refractivity contribution in [2.24, 2.45) is 0 Å². The van der Waals surface area contributed by atoms with Crippen molar-refractivity contribution in [3.05, 3.63) is 63.4 Å². The third kappa shape index (κ3) is 3.18. The maximum absolute atomic E-state index is 14.8. The molecular formula is C20H18Cl2F2N3O+. The molecule has 0 radical (unpaired) electrons. The van der Waals surface area contributed by atoms with Crippen LogP contribution in [0.2, 0.25) is 10.0 Å². The fraction of sp³-hybridized carbons (Fsp3) is 0.350. The van der Waals surface area contributed by atoms with Crippen molar-refractivity contribution >= 4 is 34.8 Å². The number of amides is 1. The first kappa shape index (κ1) is 19.3. The van der Waals surface area contributed by atoms with Gasteiger partial charge in [0.05, 0.1) is 33.3 Å². The highest BCUT2D eigenvalue weighted by molar-refractivity contribution is 6.42. The molecule has 2 aliphatic rings. The molecule has 0 fully saturated rings. The number of carbonyl (C=O) groups is 1. The summed E-state index contributed by atoms with van der Waals surface area (Å²) in [5, 5.41) is 5.03. The van der Waals surface area contributed by atoms with Crippen LogP contribution in [0.25, 0.3) is 0 Å². The molecule has 0 spiro atoms. The fourth-order valence-corrected chi connectivity index (χ4v) is 4.15. The number of aromatic nitrogens is 2. The number of alkyl halides is 2. The lowest BCUT2D eigenvalue weighted by Gasteiger charge is -2.18. The number of fused-ring (bicyclic) bond motifs is 3. The van der Waals surface area contributed by atoms with Crippen LogP contribution >= 0.6 is 23.2 Å². The Balaban J connectivity index is 1.78. The zero-order valence-corrected chi connectivity index (χ0v) is 16.5. The number of nitrogens with zero attached hydrogens (tertiary/aromatic N) is 3. The van der Waals surface area contributed by atoms with Crippen LogP contribution in [0.15, 0.2) is 30.9 Å². The van der Waals surface area contributed by atoms with Gasteiger partial charge in [0.25, 0.3) is 5.92 Å². The summed E-state index contributed by atoms with van der Waals surface area (Å²) < 4.78 is 32.5.